The summed E-state index contributed by atoms with van der Waals surface area (Å²) in [5.41, 5.74) is 0.495. The lowest BCUT2D eigenvalue weighted by molar-refractivity contribution is -0.123. The van der Waals surface area contributed by atoms with Crippen molar-refractivity contribution in [3.05, 3.63) is 71.8 Å². The van der Waals surface area contributed by atoms with E-state index in [1.54, 1.807) is 36.4 Å². The Kier molecular flexibility index (Phi) is 5.70. The maximum atomic E-state index is 13.2. The van der Waals surface area contributed by atoms with Gasteiger partial charge in [-0.15, -0.1) is 0 Å². The molecule has 3 aromatic rings. The number of halogens is 1. The Morgan fingerprint density at radius 2 is 1.48 bits per heavy atom. The van der Waals surface area contributed by atoms with Crippen molar-refractivity contribution >= 4 is 49.9 Å². The van der Waals surface area contributed by atoms with Gasteiger partial charge in [0, 0.05) is 31.2 Å². The standard InChI is InChI=1S/C24H22ClN3O4S/c25-19-6-8-20(9-7-19)28-23(29)16-22(24(28)30)26-11-13-27(14-12-26)33(31,32)21-10-5-17-3-1-2-4-18(17)15-21/h1-10,15,22H,11-14,16H2/t22-/m1/s1. The summed E-state index contributed by atoms with van der Waals surface area (Å²) < 4.78 is 27.9. The van der Waals surface area contributed by atoms with E-state index in [0.717, 1.165) is 10.8 Å². The number of carbonyl (C=O) groups excluding carboxylic acids is 2. The molecule has 2 fully saturated rings. The minimum atomic E-state index is -3.65. The number of carbonyl (C=O) groups is 2. The maximum absolute atomic E-state index is 13.2. The van der Waals surface area contributed by atoms with Gasteiger partial charge in [0.1, 0.15) is 0 Å². The van der Waals surface area contributed by atoms with Crippen LogP contribution in [0.5, 0.6) is 0 Å². The lowest BCUT2D eigenvalue weighted by Gasteiger charge is -2.36. The predicted molar refractivity (Wildman–Crippen MR) is 127 cm³/mol. The fraction of sp³-hybridized carbons (Fsp3) is 0.250. The second kappa shape index (κ2) is 8.53. The molecule has 2 aliphatic rings. The summed E-state index contributed by atoms with van der Waals surface area (Å²) in [5, 5.41) is 2.38. The summed E-state index contributed by atoms with van der Waals surface area (Å²) >= 11 is 5.91. The molecule has 0 bridgehead atoms. The quantitative estimate of drug-likeness (QED) is 0.533. The van der Waals surface area contributed by atoms with Crippen LogP contribution in [0.15, 0.2) is 71.6 Å². The summed E-state index contributed by atoms with van der Waals surface area (Å²) in [6, 6.07) is 18.8. The largest absolute Gasteiger partial charge is 0.289 e. The molecule has 0 aromatic heterocycles. The van der Waals surface area contributed by atoms with Crippen molar-refractivity contribution in [2.75, 3.05) is 31.1 Å². The first-order valence-corrected chi connectivity index (χ1v) is 12.5. The smallest absolute Gasteiger partial charge is 0.251 e. The predicted octanol–water partition coefficient (Wildman–Crippen LogP) is 3.13. The highest BCUT2D eigenvalue weighted by molar-refractivity contribution is 7.89. The Bertz CT molecular complexity index is 1340. The molecule has 3 aromatic carbocycles. The number of amides is 2. The molecule has 5 rings (SSSR count). The molecule has 0 spiro atoms. The third kappa shape index (κ3) is 4.04. The molecule has 2 saturated heterocycles. The number of hydrogen-bond acceptors (Lipinski definition) is 5. The minimum absolute atomic E-state index is 0.0822. The van der Waals surface area contributed by atoms with Gasteiger partial charge in [-0.1, -0.05) is 41.9 Å². The van der Waals surface area contributed by atoms with E-state index >= 15 is 0 Å². The van der Waals surface area contributed by atoms with Crippen molar-refractivity contribution in [1.82, 2.24) is 9.21 Å². The highest BCUT2D eigenvalue weighted by atomic mass is 35.5. The molecule has 2 heterocycles. The number of piperazine rings is 1. The molecular weight excluding hydrogens is 462 g/mol. The third-order valence-corrected chi connectivity index (χ3v) is 8.43. The molecule has 0 saturated carbocycles. The number of benzene rings is 3. The first-order chi connectivity index (χ1) is 15.8. The van der Waals surface area contributed by atoms with Gasteiger partial charge in [-0.2, -0.15) is 4.31 Å². The molecule has 0 unspecified atom stereocenters. The molecule has 2 amide bonds. The van der Waals surface area contributed by atoms with Crippen LogP contribution in [0.2, 0.25) is 5.02 Å². The fourth-order valence-electron chi connectivity index (χ4n) is 4.50. The molecule has 9 heteroatoms. The van der Waals surface area contributed by atoms with E-state index in [2.05, 4.69) is 0 Å². The monoisotopic (exact) mass is 483 g/mol. The number of hydrogen-bond donors (Lipinski definition) is 0. The van der Waals surface area contributed by atoms with Gasteiger partial charge in [0.2, 0.25) is 15.9 Å². The first-order valence-electron chi connectivity index (χ1n) is 10.7. The molecule has 170 valence electrons. The van der Waals surface area contributed by atoms with E-state index in [-0.39, 0.29) is 36.2 Å². The van der Waals surface area contributed by atoms with E-state index in [0.29, 0.717) is 23.8 Å². The summed E-state index contributed by atoms with van der Waals surface area (Å²) in [6.45, 7) is 1.28. The first kappa shape index (κ1) is 22.0. The number of nitrogens with zero attached hydrogens (tertiary/aromatic N) is 3. The topological polar surface area (TPSA) is 78.0 Å². The van der Waals surface area contributed by atoms with Crippen molar-refractivity contribution in [2.45, 2.75) is 17.4 Å². The van der Waals surface area contributed by atoms with E-state index in [9.17, 15) is 18.0 Å². The summed E-state index contributed by atoms with van der Waals surface area (Å²) in [5.74, 6) is -0.549. The fourth-order valence-corrected chi connectivity index (χ4v) is 6.08. The van der Waals surface area contributed by atoms with E-state index in [1.807, 2.05) is 35.2 Å². The molecule has 0 aliphatic carbocycles. The van der Waals surface area contributed by atoms with Crippen LogP contribution in [-0.4, -0.2) is 61.7 Å². The number of rotatable bonds is 4. The van der Waals surface area contributed by atoms with E-state index in [4.69, 9.17) is 11.6 Å². The number of fused-ring (bicyclic) bond motifs is 1. The SMILES string of the molecule is O=C1C[C@@H](N2CCN(S(=O)(=O)c3ccc4ccccc4c3)CC2)C(=O)N1c1ccc(Cl)cc1. The zero-order valence-electron chi connectivity index (χ0n) is 17.7. The van der Waals surface area contributed by atoms with Crippen molar-refractivity contribution in [3.63, 3.8) is 0 Å². The lowest BCUT2D eigenvalue weighted by Crippen LogP contribution is -2.53. The van der Waals surface area contributed by atoms with Gasteiger partial charge in [-0.05, 0) is 47.2 Å². The van der Waals surface area contributed by atoms with Gasteiger partial charge in [0.15, 0.2) is 0 Å². The van der Waals surface area contributed by atoms with Crippen molar-refractivity contribution in [3.8, 4) is 0 Å². The molecular formula is C24H22ClN3O4S. The Labute approximate surface area is 197 Å². The normalized spacial score (nSPS) is 20.6. The van der Waals surface area contributed by atoms with Crippen LogP contribution < -0.4 is 4.90 Å². The zero-order chi connectivity index (χ0) is 23.2. The van der Waals surface area contributed by atoms with E-state index in [1.165, 1.54) is 9.21 Å². The van der Waals surface area contributed by atoms with Crippen molar-refractivity contribution in [2.24, 2.45) is 0 Å². The minimum Gasteiger partial charge on any atom is -0.289 e. The van der Waals surface area contributed by atoms with Crippen LogP contribution in [0.3, 0.4) is 0 Å². The van der Waals surface area contributed by atoms with Crippen LogP contribution in [0.1, 0.15) is 6.42 Å². The average molecular weight is 484 g/mol. The van der Waals surface area contributed by atoms with Gasteiger partial charge < -0.3 is 0 Å². The molecule has 0 N–H and O–H groups in total. The van der Waals surface area contributed by atoms with Gasteiger partial charge in [-0.3, -0.25) is 14.5 Å². The van der Waals surface area contributed by atoms with Crippen molar-refractivity contribution in [1.29, 1.82) is 0 Å². The van der Waals surface area contributed by atoms with Crippen LogP contribution in [0, 0.1) is 0 Å². The Morgan fingerprint density at radius 3 is 2.18 bits per heavy atom. The number of anilines is 1. The molecule has 1 atom stereocenters. The third-order valence-electron chi connectivity index (χ3n) is 6.28. The van der Waals surface area contributed by atoms with Crippen molar-refractivity contribution < 1.29 is 18.0 Å². The summed E-state index contributed by atoms with van der Waals surface area (Å²) in [7, 11) is -3.65. The van der Waals surface area contributed by atoms with Gasteiger partial charge in [0.25, 0.3) is 5.91 Å². The average Bonchev–Trinajstić information content (AvgIpc) is 3.13. The zero-order valence-corrected chi connectivity index (χ0v) is 19.3. The summed E-state index contributed by atoms with van der Waals surface area (Å²) in [4.78, 5) is 29.0. The Morgan fingerprint density at radius 1 is 0.818 bits per heavy atom. The maximum Gasteiger partial charge on any atom is 0.251 e. The summed E-state index contributed by atoms with van der Waals surface area (Å²) in [6.07, 6.45) is 0.0822. The molecule has 0 radical (unpaired) electrons. The second-order valence-electron chi connectivity index (χ2n) is 8.21. The Balaban J connectivity index is 1.29. The molecule has 33 heavy (non-hydrogen) atoms. The van der Waals surface area contributed by atoms with Gasteiger partial charge >= 0.3 is 0 Å². The number of imide groups is 1. The van der Waals surface area contributed by atoms with Crippen LogP contribution in [-0.2, 0) is 19.6 Å². The highest BCUT2D eigenvalue weighted by Gasteiger charge is 2.44. The Hall–Kier alpha value is -2.78. The van der Waals surface area contributed by atoms with Crippen LogP contribution >= 0.6 is 11.6 Å². The van der Waals surface area contributed by atoms with Crippen LogP contribution in [0.4, 0.5) is 5.69 Å². The molecule has 2 aliphatic heterocycles. The lowest BCUT2D eigenvalue weighted by atomic mass is 10.1. The van der Waals surface area contributed by atoms with Gasteiger partial charge in [-0.25, -0.2) is 13.3 Å². The van der Waals surface area contributed by atoms with Gasteiger partial charge in [0.05, 0.1) is 23.0 Å². The molecule has 7 nitrogen and oxygen atoms in total. The van der Waals surface area contributed by atoms with Crippen LogP contribution in [0.25, 0.3) is 10.8 Å². The second-order valence-corrected chi connectivity index (χ2v) is 10.6. The van der Waals surface area contributed by atoms with E-state index < -0.39 is 16.1 Å². The highest BCUT2D eigenvalue weighted by Crippen LogP contribution is 2.28. The number of sulfonamides is 1.